The Kier molecular flexibility index (Phi) is 6.74. The van der Waals surface area contributed by atoms with E-state index in [4.69, 9.17) is 21.1 Å². The molecule has 0 amide bonds. The predicted octanol–water partition coefficient (Wildman–Crippen LogP) is 7.73. The molecule has 5 nitrogen and oxygen atoms in total. The number of fused-ring (bicyclic) bond motifs is 3. The van der Waals surface area contributed by atoms with Crippen molar-refractivity contribution in [1.82, 2.24) is 4.57 Å². The number of nitrogens with zero attached hydrogens (tertiary/aromatic N) is 1. The second kappa shape index (κ2) is 10.5. The van der Waals surface area contributed by atoms with E-state index in [2.05, 4.69) is 54.6 Å². The van der Waals surface area contributed by atoms with E-state index in [-0.39, 0.29) is 17.2 Å². The van der Waals surface area contributed by atoms with Gasteiger partial charge in [-0.2, -0.15) is 0 Å². The van der Waals surface area contributed by atoms with Crippen LogP contribution in [0.2, 0.25) is 5.02 Å². The molecule has 1 aliphatic carbocycles. The maximum absolute atomic E-state index is 13.2. The molecule has 0 saturated carbocycles. The highest BCUT2D eigenvalue weighted by atomic mass is 35.5. The zero-order valence-electron chi connectivity index (χ0n) is 22.1. The largest absolute Gasteiger partial charge is 0.465 e. The van der Waals surface area contributed by atoms with Crippen LogP contribution in [0.15, 0.2) is 103 Å². The fourth-order valence-corrected chi connectivity index (χ4v) is 5.81. The molecule has 1 heterocycles. The van der Waals surface area contributed by atoms with E-state index >= 15 is 0 Å². The molecule has 198 valence electrons. The van der Waals surface area contributed by atoms with E-state index in [1.54, 1.807) is 35.0 Å². The third-order valence-corrected chi connectivity index (χ3v) is 7.78. The van der Waals surface area contributed by atoms with Crippen molar-refractivity contribution in [2.45, 2.75) is 12.3 Å². The summed E-state index contributed by atoms with van der Waals surface area (Å²) in [4.78, 5) is 26.2. The second-order valence-corrected chi connectivity index (χ2v) is 10.2. The average molecular weight is 548 g/mol. The van der Waals surface area contributed by atoms with Gasteiger partial charge >= 0.3 is 11.9 Å². The van der Waals surface area contributed by atoms with Crippen LogP contribution in [0.1, 0.15) is 43.5 Å². The molecule has 0 saturated heterocycles. The van der Waals surface area contributed by atoms with Crippen LogP contribution in [0.3, 0.4) is 0 Å². The molecule has 0 N–H and O–H groups in total. The van der Waals surface area contributed by atoms with Crippen LogP contribution in [0.4, 0.5) is 0 Å². The summed E-state index contributed by atoms with van der Waals surface area (Å²) in [6.07, 6.45) is 2.67. The lowest BCUT2D eigenvalue weighted by Gasteiger charge is -2.14. The van der Waals surface area contributed by atoms with Gasteiger partial charge in [-0.05, 0) is 70.1 Å². The van der Waals surface area contributed by atoms with E-state index in [0.717, 1.165) is 17.5 Å². The SMILES string of the molecule is COC(=O)c1c(-c2ccc3c(c2)-c2ccccc2C3Cc2ccccc2)cn(-c2ccc(Cl)cc2)c1C(=O)OC. The number of rotatable bonds is 6. The lowest BCUT2D eigenvalue weighted by atomic mass is 9.89. The first-order chi connectivity index (χ1) is 19.5. The second-order valence-electron chi connectivity index (χ2n) is 9.73. The van der Waals surface area contributed by atoms with Crippen molar-refractivity contribution < 1.29 is 19.1 Å². The van der Waals surface area contributed by atoms with Crippen molar-refractivity contribution in [3.8, 4) is 27.9 Å². The summed E-state index contributed by atoms with van der Waals surface area (Å²) in [5.74, 6) is -1.05. The van der Waals surface area contributed by atoms with Gasteiger partial charge in [0.2, 0.25) is 0 Å². The van der Waals surface area contributed by atoms with E-state index in [1.807, 2.05) is 18.2 Å². The van der Waals surface area contributed by atoms with Crippen LogP contribution in [0, 0.1) is 0 Å². The van der Waals surface area contributed by atoms with Crippen molar-refractivity contribution in [3.63, 3.8) is 0 Å². The monoisotopic (exact) mass is 547 g/mol. The molecule has 0 spiro atoms. The van der Waals surface area contributed by atoms with Gasteiger partial charge in [-0.3, -0.25) is 0 Å². The van der Waals surface area contributed by atoms with Gasteiger partial charge < -0.3 is 14.0 Å². The van der Waals surface area contributed by atoms with E-state index in [0.29, 0.717) is 16.3 Å². The highest BCUT2D eigenvalue weighted by Gasteiger charge is 2.32. The lowest BCUT2D eigenvalue weighted by molar-refractivity contribution is 0.0550. The van der Waals surface area contributed by atoms with Gasteiger partial charge in [0.1, 0.15) is 11.3 Å². The zero-order valence-corrected chi connectivity index (χ0v) is 22.8. The number of carbonyl (C=O) groups excluding carboxylic acids is 2. The molecule has 40 heavy (non-hydrogen) atoms. The van der Waals surface area contributed by atoms with Gasteiger partial charge in [0.25, 0.3) is 0 Å². The van der Waals surface area contributed by atoms with Crippen LogP contribution < -0.4 is 0 Å². The van der Waals surface area contributed by atoms with Crippen LogP contribution >= 0.6 is 11.6 Å². The van der Waals surface area contributed by atoms with Crippen molar-refractivity contribution in [2.75, 3.05) is 14.2 Å². The molecule has 1 unspecified atom stereocenters. The molecule has 0 bridgehead atoms. The molecule has 0 radical (unpaired) electrons. The predicted molar refractivity (Wildman–Crippen MR) is 156 cm³/mol. The summed E-state index contributed by atoms with van der Waals surface area (Å²) < 4.78 is 11.9. The molecule has 0 fully saturated rings. The number of hydrogen-bond acceptors (Lipinski definition) is 4. The Morgan fingerprint density at radius 1 is 0.750 bits per heavy atom. The lowest BCUT2D eigenvalue weighted by Crippen LogP contribution is -2.15. The molecule has 6 rings (SSSR count). The molecule has 0 aliphatic heterocycles. The maximum Gasteiger partial charge on any atom is 0.355 e. The van der Waals surface area contributed by atoms with Gasteiger partial charge in [-0.15, -0.1) is 0 Å². The summed E-state index contributed by atoms with van der Waals surface area (Å²) in [6, 6.07) is 32.2. The number of esters is 2. The van der Waals surface area contributed by atoms with Crippen LogP contribution in [0.5, 0.6) is 0 Å². The summed E-state index contributed by atoms with van der Waals surface area (Å²) in [5.41, 5.74) is 8.35. The molecule has 4 aromatic carbocycles. The van der Waals surface area contributed by atoms with E-state index in [1.165, 1.54) is 36.5 Å². The third-order valence-electron chi connectivity index (χ3n) is 7.53. The number of ether oxygens (including phenoxy) is 2. The Morgan fingerprint density at radius 2 is 1.43 bits per heavy atom. The first kappa shape index (κ1) is 25.7. The first-order valence-corrected chi connectivity index (χ1v) is 13.3. The minimum atomic E-state index is -0.643. The fraction of sp³-hybridized carbons (Fsp3) is 0.118. The van der Waals surface area contributed by atoms with Crippen LogP contribution in [-0.2, 0) is 15.9 Å². The summed E-state index contributed by atoms with van der Waals surface area (Å²) >= 11 is 6.12. The summed E-state index contributed by atoms with van der Waals surface area (Å²) in [6.45, 7) is 0. The van der Waals surface area contributed by atoms with Gasteiger partial charge in [0, 0.05) is 28.4 Å². The van der Waals surface area contributed by atoms with Crippen molar-refractivity contribution >= 4 is 23.5 Å². The molecule has 6 heteroatoms. The molecule has 5 aromatic rings. The molecular formula is C34H26ClNO4. The Balaban J connectivity index is 1.54. The number of benzene rings is 4. The maximum atomic E-state index is 13.2. The Morgan fingerprint density at radius 3 is 2.15 bits per heavy atom. The van der Waals surface area contributed by atoms with Crippen LogP contribution in [0.25, 0.3) is 27.9 Å². The molecule has 1 atom stereocenters. The Hall–Kier alpha value is -4.61. The number of hydrogen-bond donors (Lipinski definition) is 0. The normalized spacial score (nSPS) is 13.4. The van der Waals surface area contributed by atoms with E-state index < -0.39 is 11.9 Å². The number of carbonyl (C=O) groups is 2. The molecular weight excluding hydrogens is 522 g/mol. The number of aromatic nitrogens is 1. The molecule has 1 aliphatic rings. The minimum absolute atomic E-state index is 0.0922. The van der Waals surface area contributed by atoms with Crippen molar-refractivity contribution in [3.05, 3.63) is 136 Å². The van der Waals surface area contributed by atoms with Gasteiger partial charge in [0.05, 0.1) is 14.2 Å². The first-order valence-electron chi connectivity index (χ1n) is 13.0. The van der Waals surface area contributed by atoms with Gasteiger partial charge in [-0.1, -0.05) is 78.3 Å². The van der Waals surface area contributed by atoms with Crippen LogP contribution in [-0.4, -0.2) is 30.7 Å². The minimum Gasteiger partial charge on any atom is -0.465 e. The Bertz CT molecular complexity index is 1740. The summed E-state index contributed by atoms with van der Waals surface area (Å²) in [5, 5.41) is 0.561. The highest BCUT2D eigenvalue weighted by molar-refractivity contribution is 6.30. The zero-order chi connectivity index (χ0) is 27.8. The van der Waals surface area contributed by atoms with E-state index in [9.17, 15) is 9.59 Å². The van der Waals surface area contributed by atoms with Gasteiger partial charge in [0.15, 0.2) is 0 Å². The standard InChI is InChI=1S/C34H26ClNO4/c1-39-33(37)31-30(20-36(32(31)34(38)40-2)24-15-13-23(35)14-16-24)22-12-17-27-28(18-21-8-4-3-5-9-21)25-10-6-7-11-26(25)29(27)19-22/h3-17,19-20,28H,18H2,1-2H3. The third kappa shape index (κ3) is 4.38. The van der Waals surface area contributed by atoms with Gasteiger partial charge in [-0.25, -0.2) is 9.59 Å². The summed E-state index contributed by atoms with van der Waals surface area (Å²) in [7, 11) is 2.60. The highest BCUT2D eigenvalue weighted by Crippen LogP contribution is 2.48. The fourth-order valence-electron chi connectivity index (χ4n) is 5.68. The quantitative estimate of drug-likeness (QED) is 0.204. The smallest absolute Gasteiger partial charge is 0.355 e. The number of halogens is 1. The van der Waals surface area contributed by atoms with Crippen molar-refractivity contribution in [2.24, 2.45) is 0 Å². The topological polar surface area (TPSA) is 57.5 Å². The van der Waals surface area contributed by atoms with Crippen molar-refractivity contribution in [1.29, 1.82) is 0 Å². The average Bonchev–Trinajstić information content (AvgIpc) is 3.54. The molecule has 1 aromatic heterocycles. The Labute approximate surface area is 237 Å². The number of methoxy groups -OCH3 is 2.